The predicted octanol–water partition coefficient (Wildman–Crippen LogP) is 1.89. The minimum atomic E-state index is -1.87. The molecular formula is C9H16O2SY-2. The molecule has 0 saturated heterocycles. The topological polar surface area (TPSA) is 40.1 Å². The summed E-state index contributed by atoms with van der Waals surface area (Å²) >= 11 is -1.87. The molecule has 1 saturated carbocycles. The molecule has 0 aromatic heterocycles. The summed E-state index contributed by atoms with van der Waals surface area (Å²) in [5.74, 6) is 0.618. The first-order valence-corrected chi connectivity index (χ1v) is 5.63. The average Bonchev–Trinajstić information content (AvgIpc) is 1.93. The Labute approximate surface area is 108 Å². The van der Waals surface area contributed by atoms with Crippen molar-refractivity contribution in [3.63, 3.8) is 0 Å². The van der Waals surface area contributed by atoms with Gasteiger partial charge in [-0.15, -0.1) is 0 Å². The standard InChI is InChI=1S/C9H17O2S.Y/c1-9(2)5-3-8(4-6-9)7-12(10)11;/h3,8H,4-7H2,1-2H3,(H,10,11);/q-1;/p-1/t8-;/m1./s1. The quantitative estimate of drug-likeness (QED) is 0.571. The van der Waals surface area contributed by atoms with E-state index >= 15 is 0 Å². The summed E-state index contributed by atoms with van der Waals surface area (Å²) in [7, 11) is 0. The first-order valence-electron chi connectivity index (χ1n) is 4.39. The summed E-state index contributed by atoms with van der Waals surface area (Å²) in [6, 6.07) is 0. The van der Waals surface area contributed by atoms with E-state index in [-0.39, 0.29) is 32.7 Å². The van der Waals surface area contributed by atoms with Gasteiger partial charge in [0.2, 0.25) is 0 Å². The van der Waals surface area contributed by atoms with Crippen LogP contribution in [0.1, 0.15) is 33.1 Å². The van der Waals surface area contributed by atoms with Crippen LogP contribution in [0.5, 0.6) is 0 Å². The minimum absolute atomic E-state index is 0. The van der Waals surface area contributed by atoms with Crippen LogP contribution in [0.2, 0.25) is 0 Å². The number of hydrogen-bond donors (Lipinski definition) is 0. The molecule has 1 unspecified atom stereocenters. The summed E-state index contributed by atoms with van der Waals surface area (Å²) in [6.07, 6.45) is 5.39. The van der Waals surface area contributed by atoms with Gasteiger partial charge in [0, 0.05) is 32.7 Å². The molecular weight excluding hydrogens is 261 g/mol. The van der Waals surface area contributed by atoms with Crippen molar-refractivity contribution in [2.24, 2.45) is 11.3 Å². The Hall–Kier alpha value is 1.21. The Balaban J connectivity index is 0.00000144. The molecule has 0 heterocycles. The van der Waals surface area contributed by atoms with Crippen molar-refractivity contribution in [1.29, 1.82) is 0 Å². The first kappa shape index (κ1) is 14.2. The Morgan fingerprint density at radius 2 is 2.23 bits per heavy atom. The number of rotatable bonds is 2. The van der Waals surface area contributed by atoms with Gasteiger partial charge in [0.05, 0.1) is 0 Å². The van der Waals surface area contributed by atoms with E-state index in [2.05, 4.69) is 20.3 Å². The Kier molecular flexibility index (Phi) is 6.50. The molecule has 0 aromatic carbocycles. The van der Waals surface area contributed by atoms with Crippen molar-refractivity contribution in [2.75, 3.05) is 5.75 Å². The third-order valence-corrected chi connectivity index (χ3v) is 3.25. The van der Waals surface area contributed by atoms with Gasteiger partial charge in [0.1, 0.15) is 0 Å². The SMILES string of the molecule is CC1(C)C[CH-][C@@H](CS(=O)[O-])CC1.[Y]. The van der Waals surface area contributed by atoms with E-state index in [9.17, 15) is 8.76 Å². The zero-order valence-electron chi connectivity index (χ0n) is 8.29. The van der Waals surface area contributed by atoms with Crippen LogP contribution in [0.3, 0.4) is 0 Å². The fourth-order valence-electron chi connectivity index (χ4n) is 1.61. The van der Waals surface area contributed by atoms with Crippen molar-refractivity contribution in [3.8, 4) is 0 Å². The Morgan fingerprint density at radius 1 is 1.62 bits per heavy atom. The van der Waals surface area contributed by atoms with Gasteiger partial charge >= 0.3 is 0 Å². The second-order valence-electron chi connectivity index (χ2n) is 4.37. The fourth-order valence-corrected chi connectivity index (χ4v) is 2.26. The van der Waals surface area contributed by atoms with Crippen LogP contribution in [0.15, 0.2) is 0 Å². The van der Waals surface area contributed by atoms with Crippen LogP contribution in [0.4, 0.5) is 0 Å². The van der Waals surface area contributed by atoms with Gasteiger partial charge < -0.3 is 11.0 Å². The molecule has 2 atom stereocenters. The van der Waals surface area contributed by atoms with Crippen LogP contribution >= 0.6 is 0 Å². The molecule has 1 radical (unpaired) electrons. The van der Waals surface area contributed by atoms with Crippen molar-refractivity contribution >= 4 is 11.1 Å². The molecule has 0 aliphatic heterocycles. The molecule has 1 rings (SSSR count). The summed E-state index contributed by atoms with van der Waals surface area (Å²) in [5.41, 5.74) is 0.390. The minimum Gasteiger partial charge on any atom is -0.772 e. The monoisotopic (exact) mass is 277 g/mol. The third kappa shape index (κ3) is 5.61. The molecule has 0 aromatic rings. The van der Waals surface area contributed by atoms with Gasteiger partial charge in [-0.25, -0.2) is 0 Å². The van der Waals surface area contributed by atoms with Crippen LogP contribution < -0.4 is 0 Å². The first-order chi connectivity index (χ1) is 5.49. The third-order valence-electron chi connectivity index (χ3n) is 2.55. The maximum Gasteiger partial charge on any atom is 0 e. The molecule has 13 heavy (non-hydrogen) atoms. The molecule has 0 spiro atoms. The molecule has 0 amide bonds. The van der Waals surface area contributed by atoms with Crippen molar-refractivity contribution in [3.05, 3.63) is 6.42 Å². The smallest absolute Gasteiger partial charge is 0 e. The number of hydrogen-bond acceptors (Lipinski definition) is 2. The fraction of sp³-hybridized carbons (Fsp3) is 0.889. The molecule has 4 heteroatoms. The van der Waals surface area contributed by atoms with Crippen LogP contribution in [-0.2, 0) is 43.8 Å². The van der Waals surface area contributed by atoms with Crippen molar-refractivity contribution in [2.45, 2.75) is 33.1 Å². The summed E-state index contributed by atoms with van der Waals surface area (Å²) in [5, 5.41) is 0. The van der Waals surface area contributed by atoms with Gasteiger partial charge in [-0.2, -0.15) is 12.3 Å². The molecule has 0 bridgehead atoms. The van der Waals surface area contributed by atoms with E-state index in [1.165, 1.54) is 0 Å². The molecule has 1 fully saturated rings. The Morgan fingerprint density at radius 3 is 2.62 bits per heavy atom. The van der Waals surface area contributed by atoms with Gasteiger partial charge in [0.15, 0.2) is 0 Å². The van der Waals surface area contributed by atoms with Gasteiger partial charge in [-0.3, -0.25) is 4.21 Å². The van der Waals surface area contributed by atoms with Crippen LogP contribution in [0.25, 0.3) is 0 Å². The van der Waals surface area contributed by atoms with Gasteiger partial charge in [-0.05, 0) is 5.75 Å². The van der Waals surface area contributed by atoms with Gasteiger partial charge in [-0.1, -0.05) is 43.2 Å². The van der Waals surface area contributed by atoms with Crippen LogP contribution in [0, 0.1) is 17.8 Å². The van der Waals surface area contributed by atoms with E-state index in [0.717, 1.165) is 19.3 Å². The Bertz CT molecular complexity index is 172. The van der Waals surface area contributed by atoms with Gasteiger partial charge in [0.25, 0.3) is 0 Å². The van der Waals surface area contributed by atoms with E-state index < -0.39 is 11.1 Å². The zero-order valence-corrected chi connectivity index (χ0v) is 11.9. The normalized spacial score (nSPS) is 29.0. The van der Waals surface area contributed by atoms with E-state index in [4.69, 9.17) is 0 Å². The largest absolute Gasteiger partial charge is 0.772 e. The maximum atomic E-state index is 10.4. The summed E-state index contributed by atoms with van der Waals surface area (Å²) < 4.78 is 20.8. The van der Waals surface area contributed by atoms with E-state index in [1.807, 2.05) is 0 Å². The van der Waals surface area contributed by atoms with E-state index in [1.54, 1.807) is 0 Å². The molecule has 75 valence electrons. The summed E-state index contributed by atoms with van der Waals surface area (Å²) in [4.78, 5) is 0. The molecule has 2 nitrogen and oxygen atoms in total. The van der Waals surface area contributed by atoms with Crippen molar-refractivity contribution < 1.29 is 41.5 Å². The predicted molar refractivity (Wildman–Crippen MR) is 49.2 cm³/mol. The zero-order chi connectivity index (χ0) is 9.19. The average molecular weight is 277 g/mol. The summed E-state index contributed by atoms with van der Waals surface area (Å²) in [6.45, 7) is 4.46. The second kappa shape index (κ2) is 5.94. The second-order valence-corrected chi connectivity index (χ2v) is 5.31. The van der Waals surface area contributed by atoms with Crippen LogP contribution in [-0.4, -0.2) is 14.5 Å². The molecule has 0 N–H and O–H groups in total. The van der Waals surface area contributed by atoms with Crippen molar-refractivity contribution in [1.82, 2.24) is 0 Å². The molecule has 1 aliphatic carbocycles. The maximum absolute atomic E-state index is 10.4. The molecule has 1 aliphatic rings. The van der Waals surface area contributed by atoms with E-state index in [0.29, 0.717) is 17.1 Å².